The molecule has 0 aliphatic rings. The Balaban J connectivity index is 1.45. The Bertz CT molecular complexity index is 1330. The van der Waals surface area contributed by atoms with E-state index >= 15 is 0 Å². The van der Waals surface area contributed by atoms with Gasteiger partial charge in [-0.2, -0.15) is 9.50 Å². The number of benzene rings is 1. The lowest BCUT2D eigenvalue weighted by Crippen LogP contribution is -2.23. The number of aromatic nitrogens is 5. The monoisotopic (exact) mass is 451 g/mol. The summed E-state index contributed by atoms with van der Waals surface area (Å²) in [6, 6.07) is 12.8. The topological polar surface area (TPSA) is 117 Å². The van der Waals surface area contributed by atoms with Crippen molar-refractivity contribution in [3.63, 3.8) is 0 Å². The van der Waals surface area contributed by atoms with E-state index in [1.807, 2.05) is 43.3 Å². The number of anilines is 2. The van der Waals surface area contributed by atoms with Crippen LogP contribution in [0.25, 0.3) is 5.78 Å². The summed E-state index contributed by atoms with van der Waals surface area (Å²) in [5.74, 6) is 0.955. The Morgan fingerprint density at radius 1 is 1.09 bits per heavy atom. The molecule has 0 saturated carbocycles. The normalized spacial score (nSPS) is 11.0. The van der Waals surface area contributed by atoms with Crippen LogP contribution in [0, 0.1) is 13.8 Å². The number of rotatable bonds is 7. The third kappa shape index (κ3) is 4.94. The molecule has 0 radical (unpaired) electrons. The first-order chi connectivity index (χ1) is 15.4. The Hall–Kier alpha value is -3.72. The molecule has 3 N–H and O–H groups in total. The second-order valence-corrected chi connectivity index (χ2v) is 7.82. The highest BCUT2D eigenvalue weighted by molar-refractivity contribution is 6.30. The number of halogens is 1. The quantitative estimate of drug-likeness (QED) is 0.397. The summed E-state index contributed by atoms with van der Waals surface area (Å²) in [6.07, 6.45) is 0.389. The van der Waals surface area contributed by atoms with Crippen LogP contribution in [0.3, 0.4) is 0 Å². The second-order valence-electron chi connectivity index (χ2n) is 7.38. The molecule has 3 heterocycles. The molecule has 0 aliphatic carbocycles. The lowest BCUT2D eigenvalue weighted by atomic mass is 10.1. The summed E-state index contributed by atoms with van der Waals surface area (Å²) < 4.78 is 1.28. The SMILES string of the molecule is Cc1cccc(NC(=O)CCc2c(C)nc3nc(NCc4ccc(Cl)cc4)[nH]n3c2=O)n1. The number of carbonyl (C=O) groups excluding carboxylic acids is 1. The first-order valence-corrected chi connectivity index (χ1v) is 10.5. The number of hydrogen-bond donors (Lipinski definition) is 3. The van der Waals surface area contributed by atoms with E-state index in [0.29, 0.717) is 34.6 Å². The van der Waals surface area contributed by atoms with Crippen molar-refractivity contribution in [1.29, 1.82) is 0 Å². The zero-order valence-electron chi connectivity index (χ0n) is 17.6. The lowest BCUT2D eigenvalue weighted by Gasteiger charge is -2.06. The largest absolute Gasteiger partial charge is 0.351 e. The molecule has 0 atom stereocenters. The number of carbonyl (C=O) groups is 1. The fraction of sp³-hybridized carbons (Fsp3) is 0.227. The first-order valence-electron chi connectivity index (χ1n) is 10.1. The van der Waals surface area contributed by atoms with Gasteiger partial charge in [-0.1, -0.05) is 29.8 Å². The van der Waals surface area contributed by atoms with Gasteiger partial charge < -0.3 is 10.6 Å². The summed E-state index contributed by atoms with van der Waals surface area (Å²) in [6.45, 7) is 4.10. The zero-order valence-corrected chi connectivity index (χ0v) is 18.4. The number of nitrogens with one attached hydrogen (secondary N) is 3. The molecule has 4 rings (SSSR count). The summed E-state index contributed by atoms with van der Waals surface area (Å²) >= 11 is 5.91. The molecule has 32 heavy (non-hydrogen) atoms. The van der Waals surface area contributed by atoms with Gasteiger partial charge in [-0.15, -0.1) is 0 Å². The second kappa shape index (κ2) is 9.19. The van der Waals surface area contributed by atoms with Crippen molar-refractivity contribution >= 4 is 35.1 Å². The average molecular weight is 452 g/mol. The first kappa shape index (κ1) is 21.5. The third-order valence-corrected chi connectivity index (χ3v) is 5.18. The van der Waals surface area contributed by atoms with Gasteiger partial charge in [0.15, 0.2) is 0 Å². The molecule has 0 fully saturated rings. The molecule has 0 bridgehead atoms. The van der Waals surface area contributed by atoms with E-state index in [9.17, 15) is 9.59 Å². The van der Waals surface area contributed by atoms with Crippen LogP contribution in [0.2, 0.25) is 5.02 Å². The molecule has 1 aromatic carbocycles. The molecule has 0 aliphatic heterocycles. The summed E-state index contributed by atoms with van der Waals surface area (Å²) in [5.41, 5.74) is 2.56. The maximum Gasteiger partial charge on any atom is 0.277 e. The van der Waals surface area contributed by atoms with Gasteiger partial charge in [-0.05, 0) is 50.1 Å². The van der Waals surface area contributed by atoms with Gasteiger partial charge in [0.05, 0.1) is 5.69 Å². The summed E-state index contributed by atoms with van der Waals surface area (Å²) in [5, 5.41) is 9.49. The van der Waals surface area contributed by atoms with E-state index < -0.39 is 0 Å². The Morgan fingerprint density at radius 3 is 2.62 bits per heavy atom. The predicted octanol–water partition coefficient (Wildman–Crippen LogP) is 3.27. The van der Waals surface area contributed by atoms with Crippen LogP contribution in [0.4, 0.5) is 11.8 Å². The Labute approximate surface area is 188 Å². The number of nitrogens with zero attached hydrogens (tertiary/aromatic N) is 4. The number of aromatic amines is 1. The van der Waals surface area contributed by atoms with Gasteiger partial charge in [0.1, 0.15) is 5.82 Å². The van der Waals surface area contributed by atoms with Crippen LogP contribution in [0.1, 0.15) is 28.9 Å². The molecule has 4 aromatic rings. The van der Waals surface area contributed by atoms with Crippen LogP contribution < -0.4 is 16.2 Å². The number of hydrogen-bond acceptors (Lipinski definition) is 6. The van der Waals surface area contributed by atoms with E-state index in [1.54, 1.807) is 13.0 Å². The van der Waals surface area contributed by atoms with Gasteiger partial charge in [-0.3, -0.25) is 14.7 Å². The molecular weight excluding hydrogens is 430 g/mol. The highest BCUT2D eigenvalue weighted by Gasteiger charge is 2.15. The Kier molecular flexibility index (Phi) is 6.18. The maximum absolute atomic E-state index is 13.0. The number of pyridine rings is 1. The van der Waals surface area contributed by atoms with E-state index in [1.165, 1.54) is 4.52 Å². The van der Waals surface area contributed by atoms with Gasteiger partial charge in [-0.25, -0.2) is 9.97 Å². The molecule has 3 aromatic heterocycles. The molecule has 0 saturated heterocycles. The summed E-state index contributed by atoms with van der Waals surface area (Å²) in [7, 11) is 0. The minimum Gasteiger partial charge on any atom is -0.351 e. The molecular formula is C22H22ClN7O2. The fourth-order valence-corrected chi connectivity index (χ4v) is 3.39. The van der Waals surface area contributed by atoms with Gasteiger partial charge in [0, 0.05) is 29.2 Å². The highest BCUT2D eigenvalue weighted by atomic mass is 35.5. The molecule has 0 unspecified atom stereocenters. The van der Waals surface area contributed by atoms with Crippen molar-refractivity contribution in [2.75, 3.05) is 10.6 Å². The van der Waals surface area contributed by atoms with Crippen molar-refractivity contribution in [1.82, 2.24) is 24.6 Å². The van der Waals surface area contributed by atoms with Gasteiger partial charge in [0.25, 0.3) is 11.3 Å². The van der Waals surface area contributed by atoms with Crippen molar-refractivity contribution in [3.05, 3.63) is 80.4 Å². The molecule has 9 nitrogen and oxygen atoms in total. The van der Waals surface area contributed by atoms with Crippen LogP contribution >= 0.6 is 11.6 Å². The van der Waals surface area contributed by atoms with Crippen molar-refractivity contribution in [2.24, 2.45) is 0 Å². The number of aryl methyl sites for hydroxylation is 2. The minimum absolute atomic E-state index is 0.134. The lowest BCUT2D eigenvalue weighted by molar-refractivity contribution is -0.116. The van der Waals surface area contributed by atoms with E-state index in [2.05, 4.69) is 30.7 Å². The van der Waals surface area contributed by atoms with E-state index in [-0.39, 0.29) is 30.1 Å². The van der Waals surface area contributed by atoms with Crippen molar-refractivity contribution < 1.29 is 4.79 Å². The third-order valence-electron chi connectivity index (χ3n) is 4.93. The molecule has 10 heteroatoms. The number of fused-ring (bicyclic) bond motifs is 1. The van der Waals surface area contributed by atoms with Crippen molar-refractivity contribution in [2.45, 2.75) is 33.2 Å². The molecule has 0 spiro atoms. The number of H-pyrrole nitrogens is 1. The smallest absolute Gasteiger partial charge is 0.277 e. The highest BCUT2D eigenvalue weighted by Crippen LogP contribution is 2.12. The molecule has 164 valence electrons. The van der Waals surface area contributed by atoms with E-state index in [4.69, 9.17) is 11.6 Å². The van der Waals surface area contributed by atoms with Crippen LogP contribution in [0.5, 0.6) is 0 Å². The van der Waals surface area contributed by atoms with Crippen LogP contribution in [-0.4, -0.2) is 30.5 Å². The van der Waals surface area contributed by atoms with Crippen LogP contribution in [-0.2, 0) is 17.8 Å². The van der Waals surface area contributed by atoms with Gasteiger partial charge in [0.2, 0.25) is 11.9 Å². The average Bonchev–Trinajstić information content (AvgIpc) is 3.16. The molecule has 1 amide bonds. The van der Waals surface area contributed by atoms with Crippen LogP contribution in [0.15, 0.2) is 47.3 Å². The van der Waals surface area contributed by atoms with Gasteiger partial charge >= 0.3 is 0 Å². The zero-order chi connectivity index (χ0) is 22.7. The standard InChI is InChI=1S/C22H22ClN7O2/c1-13-4-3-5-18(25-13)27-19(31)11-10-17-14(2)26-22-28-21(29-30(22)20(17)32)24-12-15-6-8-16(23)9-7-15/h3-9H,10-12H2,1-2H3,(H,25,27,31)(H2,24,26,28,29). The van der Waals surface area contributed by atoms with E-state index in [0.717, 1.165) is 11.3 Å². The maximum atomic E-state index is 13.0. The predicted molar refractivity (Wildman–Crippen MR) is 123 cm³/mol. The van der Waals surface area contributed by atoms with Crippen molar-refractivity contribution in [3.8, 4) is 0 Å². The summed E-state index contributed by atoms with van der Waals surface area (Å²) in [4.78, 5) is 38.3. The Morgan fingerprint density at radius 2 is 1.88 bits per heavy atom. The fourth-order valence-electron chi connectivity index (χ4n) is 3.27. The minimum atomic E-state index is -0.277. The number of amides is 1.